The molecular formula is C20H22F3NO2. The highest BCUT2D eigenvalue weighted by atomic mass is 19.4. The number of likely N-dealkylation sites (tertiary alicyclic amines) is 1. The molecule has 0 bridgehead atoms. The van der Waals surface area contributed by atoms with E-state index in [0.717, 1.165) is 17.7 Å². The fraction of sp³-hybridized carbons (Fsp3) is 0.450. The maximum atomic E-state index is 12.7. The third-order valence-electron chi connectivity index (χ3n) is 4.29. The SMILES string of the molecule is CCOC(=O)N1CC/C(=C\C#Cc2cccc(C(F)(F)F)c2)C(C)(C)C1. The monoisotopic (exact) mass is 365 g/mol. The summed E-state index contributed by atoms with van der Waals surface area (Å²) in [5.41, 5.74) is 0.407. The van der Waals surface area contributed by atoms with Crippen molar-refractivity contribution in [1.82, 2.24) is 4.90 Å². The van der Waals surface area contributed by atoms with Gasteiger partial charge >= 0.3 is 12.3 Å². The average molecular weight is 365 g/mol. The molecule has 0 radical (unpaired) electrons. The summed E-state index contributed by atoms with van der Waals surface area (Å²) in [6.07, 6.45) is -2.29. The number of halogens is 3. The molecular weight excluding hydrogens is 343 g/mol. The topological polar surface area (TPSA) is 29.5 Å². The van der Waals surface area contributed by atoms with Crippen LogP contribution in [-0.4, -0.2) is 30.7 Å². The van der Waals surface area contributed by atoms with Crippen molar-refractivity contribution >= 4 is 6.09 Å². The number of allylic oxidation sites excluding steroid dienone is 1. The molecule has 1 aromatic rings. The molecule has 1 aliphatic rings. The Morgan fingerprint density at radius 1 is 1.38 bits per heavy atom. The summed E-state index contributed by atoms with van der Waals surface area (Å²) in [5, 5.41) is 0. The zero-order valence-corrected chi connectivity index (χ0v) is 15.1. The molecule has 140 valence electrons. The molecule has 1 heterocycles. The number of hydrogen-bond donors (Lipinski definition) is 0. The number of carbonyl (C=O) groups is 1. The number of hydrogen-bond acceptors (Lipinski definition) is 2. The van der Waals surface area contributed by atoms with Crippen molar-refractivity contribution in [2.24, 2.45) is 5.41 Å². The normalized spacial score (nSPS) is 18.2. The second-order valence-electron chi connectivity index (χ2n) is 6.77. The Morgan fingerprint density at radius 2 is 2.12 bits per heavy atom. The van der Waals surface area contributed by atoms with Crippen LogP contribution in [0.1, 0.15) is 38.3 Å². The molecule has 0 atom stereocenters. The molecule has 0 aliphatic carbocycles. The van der Waals surface area contributed by atoms with Crippen LogP contribution in [0.4, 0.5) is 18.0 Å². The molecule has 0 unspecified atom stereocenters. The lowest BCUT2D eigenvalue weighted by atomic mass is 9.79. The van der Waals surface area contributed by atoms with Crippen LogP contribution in [0.25, 0.3) is 0 Å². The summed E-state index contributed by atoms with van der Waals surface area (Å²) >= 11 is 0. The van der Waals surface area contributed by atoms with Crippen LogP contribution < -0.4 is 0 Å². The maximum absolute atomic E-state index is 12.7. The zero-order chi connectivity index (χ0) is 19.4. The van der Waals surface area contributed by atoms with E-state index >= 15 is 0 Å². The average Bonchev–Trinajstić information content (AvgIpc) is 2.55. The summed E-state index contributed by atoms with van der Waals surface area (Å²) in [4.78, 5) is 13.5. The summed E-state index contributed by atoms with van der Waals surface area (Å²) in [5.74, 6) is 5.63. The standard InChI is InChI=1S/C20H22F3NO2/c1-4-26-18(25)24-12-11-16(19(2,3)14-24)9-5-7-15-8-6-10-17(13-15)20(21,22)23/h6,8-10,13H,4,11-12,14H2,1-3H3/b16-9+. The first-order chi connectivity index (χ1) is 12.1. The summed E-state index contributed by atoms with van der Waals surface area (Å²) in [7, 11) is 0. The maximum Gasteiger partial charge on any atom is 0.416 e. The van der Waals surface area contributed by atoms with Crippen LogP contribution in [0.5, 0.6) is 0 Å². The fourth-order valence-electron chi connectivity index (χ4n) is 2.87. The number of alkyl halides is 3. The number of amides is 1. The van der Waals surface area contributed by atoms with Gasteiger partial charge in [0.2, 0.25) is 0 Å². The molecule has 1 saturated heterocycles. The molecule has 0 N–H and O–H groups in total. The fourth-order valence-corrected chi connectivity index (χ4v) is 2.87. The van der Waals surface area contributed by atoms with E-state index in [0.29, 0.717) is 31.7 Å². The van der Waals surface area contributed by atoms with E-state index in [4.69, 9.17) is 4.74 Å². The Labute approximate surface area is 151 Å². The molecule has 0 aromatic heterocycles. The first-order valence-corrected chi connectivity index (χ1v) is 8.43. The summed E-state index contributed by atoms with van der Waals surface area (Å²) in [6.45, 7) is 7.18. The van der Waals surface area contributed by atoms with E-state index in [2.05, 4.69) is 11.8 Å². The molecule has 0 saturated carbocycles. The Morgan fingerprint density at radius 3 is 2.73 bits per heavy atom. The van der Waals surface area contributed by atoms with Gasteiger partial charge < -0.3 is 9.64 Å². The zero-order valence-electron chi connectivity index (χ0n) is 15.1. The molecule has 1 aromatic carbocycles. The van der Waals surface area contributed by atoms with E-state index in [9.17, 15) is 18.0 Å². The highest BCUT2D eigenvalue weighted by Gasteiger charge is 2.33. The van der Waals surface area contributed by atoms with Gasteiger partial charge in [-0.1, -0.05) is 37.3 Å². The van der Waals surface area contributed by atoms with Gasteiger partial charge in [-0.25, -0.2) is 4.79 Å². The Balaban J connectivity index is 2.13. The molecule has 3 nitrogen and oxygen atoms in total. The lowest BCUT2D eigenvalue weighted by Gasteiger charge is -2.39. The van der Waals surface area contributed by atoms with E-state index in [1.165, 1.54) is 6.07 Å². The Kier molecular flexibility index (Phi) is 6.01. The van der Waals surface area contributed by atoms with Crippen molar-refractivity contribution in [2.45, 2.75) is 33.4 Å². The van der Waals surface area contributed by atoms with Gasteiger partial charge in [0.1, 0.15) is 0 Å². The summed E-state index contributed by atoms with van der Waals surface area (Å²) < 4.78 is 43.2. The number of piperidine rings is 1. The van der Waals surface area contributed by atoms with Crippen LogP contribution in [0.15, 0.2) is 35.9 Å². The molecule has 1 amide bonds. The predicted octanol–water partition coefficient (Wildman–Crippen LogP) is 4.87. The van der Waals surface area contributed by atoms with E-state index in [1.807, 2.05) is 13.8 Å². The van der Waals surface area contributed by atoms with Crippen molar-refractivity contribution in [3.8, 4) is 11.8 Å². The number of benzene rings is 1. The van der Waals surface area contributed by atoms with E-state index in [1.54, 1.807) is 24.0 Å². The minimum Gasteiger partial charge on any atom is -0.450 e. The lowest BCUT2D eigenvalue weighted by Crippen LogP contribution is -2.45. The number of nitrogens with zero attached hydrogens (tertiary/aromatic N) is 1. The Hall–Kier alpha value is -2.42. The van der Waals surface area contributed by atoms with Crippen molar-refractivity contribution < 1.29 is 22.7 Å². The van der Waals surface area contributed by atoms with Gasteiger partial charge in [-0.3, -0.25) is 0 Å². The first-order valence-electron chi connectivity index (χ1n) is 8.43. The van der Waals surface area contributed by atoms with Gasteiger partial charge in [-0.2, -0.15) is 13.2 Å². The molecule has 1 aliphatic heterocycles. The summed E-state index contributed by atoms with van der Waals surface area (Å²) in [6, 6.07) is 4.97. The van der Waals surface area contributed by atoms with Crippen molar-refractivity contribution in [3.63, 3.8) is 0 Å². The number of ether oxygens (including phenoxy) is 1. The smallest absolute Gasteiger partial charge is 0.416 e. The number of carbonyl (C=O) groups excluding carboxylic acids is 1. The second kappa shape index (κ2) is 7.86. The van der Waals surface area contributed by atoms with Crippen LogP contribution >= 0.6 is 0 Å². The molecule has 26 heavy (non-hydrogen) atoms. The van der Waals surface area contributed by atoms with Crippen molar-refractivity contribution in [2.75, 3.05) is 19.7 Å². The quantitative estimate of drug-likeness (QED) is 0.665. The van der Waals surface area contributed by atoms with Crippen LogP contribution in [0.2, 0.25) is 0 Å². The van der Waals surface area contributed by atoms with Crippen LogP contribution in [0.3, 0.4) is 0 Å². The van der Waals surface area contributed by atoms with Gasteiger partial charge in [0, 0.05) is 24.1 Å². The third kappa shape index (κ3) is 5.04. The molecule has 1 fully saturated rings. The predicted molar refractivity (Wildman–Crippen MR) is 93.4 cm³/mol. The number of rotatable bonds is 1. The highest BCUT2D eigenvalue weighted by molar-refractivity contribution is 5.68. The van der Waals surface area contributed by atoms with Gasteiger partial charge in [-0.15, -0.1) is 0 Å². The minimum atomic E-state index is -4.38. The lowest BCUT2D eigenvalue weighted by molar-refractivity contribution is -0.137. The molecule has 2 rings (SSSR count). The molecule has 6 heteroatoms. The van der Waals surface area contributed by atoms with Crippen molar-refractivity contribution in [3.05, 3.63) is 47.0 Å². The minimum absolute atomic E-state index is 0.270. The van der Waals surface area contributed by atoms with E-state index < -0.39 is 11.7 Å². The van der Waals surface area contributed by atoms with Crippen molar-refractivity contribution in [1.29, 1.82) is 0 Å². The van der Waals surface area contributed by atoms with Gasteiger partial charge in [-0.05, 0) is 37.6 Å². The second-order valence-corrected chi connectivity index (χ2v) is 6.77. The first kappa shape index (κ1) is 19.9. The van der Waals surface area contributed by atoms with E-state index in [-0.39, 0.29) is 11.5 Å². The van der Waals surface area contributed by atoms with Gasteiger partial charge in [0.25, 0.3) is 0 Å². The highest BCUT2D eigenvalue weighted by Crippen LogP contribution is 2.34. The van der Waals surface area contributed by atoms with Crippen LogP contribution in [0, 0.1) is 17.3 Å². The molecule has 0 spiro atoms. The third-order valence-corrected chi connectivity index (χ3v) is 4.29. The van der Waals surface area contributed by atoms with Crippen LogP contribution in [-0.2, 0) is 10.9 Å². The Bertz CT molecular complexity index is 754. The largest absolute Gasteiger partial charge is 0.450 e. The van der Waals surface area contributed by atoms with Gasteiger partial charge in [0.15, 0.2) is 0 Å². The van der Waals surface area contributed by atoms with Gasteiger partial charge in [0.05, 0.1) is 12.2 Å².